The van der Waals surface area contributed by atoms with Crippen LogP contribution < -0.4 is 11.1 Å². The molecule has 1 aromatic carbocycles. The summed E-state index contributed by atoms with van der Waals surface area (Å²) in [7, 11) is 0. The molecule has 0 aromatic heterocycles. The molecule has 0 heterocycles. The molecule has 6 heteroatoms. The van der Waals surface area contributed by atoms with E-state index in [1.54, 1.807) is 31.2 Å². The van der Waals surface area contributed by atoms with Gasteiger partial charge in [-0.05, 0) is 38.3 Å². The average Bonchev–Trinajstić information content (AvgIpc) is 2.57. The summed E-state index contributed by atoms with van der Waals surface area (Å²) >= 11 is 0. The zero-order chi connectivity index (χ0) is 18.2. The minimum atomic E-state index is -1.89. The van der Waals surface area contributed by atoms with E-state index in [2.05, 4.69) is 5.32 Å². The van der Waals surface area contributed by atoms with Gasteiger partial charge < -0.3 is 16.2 Å². The first-order chi connectivity index (χ1) is 11.3. The summed E-state index contributed by atoms with van der Waals surface area (Å²) in [6, 6.07) is 8.45. The van der Waals surface area contributed by atoms with Gasteiger partial charge in [0.2, 0.25) is 0 Å². The Kier molecular flexibility index (Phi) is 7.58. The number of carbonyl (C=O) groups excluding carboxylic acids is 2. The van der Waals surface area contributed by atoms with Crippen molar-refractivity contribution in [1.29, 1.82) is 0 Å². The molecule has 2 unspecified atom stereocenters. The number of benzene rings is 1. The second-order valence-electron chi connectivity index (χ2n) is 6.08. The van der Waals surface area contributed by atoms with Gasteiger partial charge >= 0.3 is 5.97 Å². The van der Waals surface area contributed by atoms with E-state index in [-0.39, 0.29) is 24.8 Å². The summed E-state index contributed by atoms with van der Waals surface area (Å²) in [5.74, 6) is -2.01. The Morgan fingerprint density at radius 3 is 2.42 bits per heavy atom. The number of hydrogen-bond donors (Lipinski definition) is 3. The van der Waals surface area contributed by atoms with Crippen LogP contribution in [0, 0.1) is 0 Å². The highest BCUT2D eigenvalue weighted by molar-refractivity contribution is 6.07. The van der Waals surface area contributed by atoms with E-state index < -0.39 is 17.3 Å². The number of aliphatic carboxylic acids is 1. The van der Waals surface area contributed by atoms with E-state index in [1.165, 1.54) is 0 Å². The van der Waals surface area contributed by atoms with Crippen LogP contribution in [0.1, 0.15) is 56.3 Å². The highest BCUT2D eigenvalue weighted by Crippen LogP contribution is 2.17. The number of ketones is 1. The number of nitrogens with two attached hydrogens (primary N) is 1. The predicted molar refractivity (Wildman–Crippen MR) is 91.7 cm³/mol. The molecule has 24 heavy (non-hydrogen) atoms. The van der Waals surface area contributed by atoms with E-state index in [0.717, 1.165) is 6.42 Å². The predicted octanol–water partition coefficient (Wildman–Crippen LogP) is 2.13. The summed E-state index contributed by atoms with van der Waals surface area (Å²) < 4.78 is 0. The summed E-state index contributed by atoms with van der Waals surface area (Å²) in [5.41, 5.74) is 4.49. The van der Waals surface area contributed by atoms with Gasteiger partial charge in [-0.2, -0.15) is 0 Å². The van der Waals surface area contributed by atoms with Crippen LogP contribution >= 0.6 is 0 Å². The molecule has 132 valence electrons. The van der Waals surface area contributed by atoms with Gasteiger partial charge in [-0.25, -0.2) is 4.79 Å². The van der Waals surface area contributed by atoms with Crippen LogP contribution in [0.25, 0.3) is 0 Å². The molecule has 0 saturated carbocycles. The van der Waals surface area contributed by atoms with Crippen molar-refractivity contribution in [2.75, 3.05) is 0 Å². The maximum Gasteiger partial charge on any atom is 0.331 e. The number of amides is 1. The van der Waals surface area contributed by atoms with Crippen LogP contribution in [-0.2, 0) is 9.59 Å². The topological polar surface area (TPSA) is 109 Å². The van der Waals surface area contributed by atoms with Crippen LogP contribution in [-0.4, -0.2) is 34.3 Å². The third-order valence-corrected chi connectivity index (χ3v) is 4.02. The van der Waals surface area contributed by atoms with Crippen LogP contribution in [0.4, 0.5) is 0 Å². The Hall–Kier alpha value is -2.21. The van der Waals surface area contributed by atoms with Crippen LogP contribution in [0.5, 0.6) is 0 Å². The largest absolute Gasteiger partial charge is 0.480 e. The Morgan fingerprint density at radius 2 is 1.88 bits per heavy atom. The lowest BCUT2D eigenvalue weighted by atomic mass is 9.86. The first-order valence-electron chi connectivity index (χ1n) is 8.22. The van der Waals surface area contributed by atoms with E-state index in [9.17, 15) is 19.5 Å². The van der Waals surface area contributed by atoms with Gasteiger partial charge in [-0.3, -0.25) is 9.59 Å². The lowest BCUT2D eigenvalue weighted by molar-refractivity contribution is -0.148. The average molecular weight is 334 g/mol. The van der Waals surface area contributed by atoms with E-state index in [1.807, 2.05) is 13.0 Å². The molecule has 1 amide bonds. The molecule has 0 bridgehead atoms. The first kappa shape index (κ1) is 19.8. The molecule has 1 aromatic rings. The molecule has 0 saturated heterocycles. The van der Waals surface area contributed by atoms with Gasteiger partial charge in [-0.15, -0.1) is 0 Å². The smallest absolute Gasteiger partial charge is 0.331 e. The third-order valence-electron chi connectivity index (χ3n) is 4.02. The van der Waals surface area contributed by atoms with Gasteiger partial charge in [0.05, 0.1) is 0 Å². The van der Waals surface area contributed by atoms with Crippen molar-refractivity contribution < 1.29 is 19.5 Å². The molecule has 2 atom stereocenters. The summed E-state index contributed by atoms with van der Waals surface area (Å²) in [4.78, 5) is 35.6. The van der Waals surface area contributed by atoms with Gasteiger partial charge in [-0.1, -0.05) is 31.5 Å². The molecule has 0 aliphatic rings. The van der Waals surface area contributed by atoms with Gasteiger partial charge in [0.15, 0.2) is 11.3 Å². The fourth-order valence-electron chi connectivity index (χ4n) is 2.34. The zero-order valence-corrected chi connectivity index (χ0v) is 14.2. The number of Topliss-reactive ketones (excluding diaryl/α,β-unsaturated/α-hetero) is 1. The van der Waals surface area contributed by atoms with Crippen molar-refractivity contribution in [2.45, 2.75) is 57.5 Å². The molecule has 0 spiro atoms. The lowest BCUT2D eigenvalue weighted by Gasteiger charge is -2.25. The molecule has 0 aliphatic carbocycles. The van der Waals surface area contributed by atoms with Crippen LogP contribution in [0.15, 0.2) is 30.3 Å². The SMILES string of the molecule is CCCCC(=O)C(N)(CCC(C)NC(=O)c1ccccc1)C(=O)O. The number of nitrogens with one attached hydrogen (secondary N) is 1. The summed E-state index contributed by atoms with van der Waals surface area (Å²) in [6.07, 6.45) is 1.86. The molecule has 0 radical (unpaired) electrons. The second-order valence-corrected chi connectivity index (χ2v) is 6.08. The monoisotopic (exact) mass is 334 g/mol. The summed E-state index contributed by atoms with van der Waals surface area (Å²) in [6.45, 7) is 3.69. The minimum absolute atomic E-state index is 0.0128. The fraction of sp³-hybridized carbons (Fsp3) is 0.500. The second kappa shape index (κ2) is 9.17. The number of unbranched alkanes of at least 4 members (excludes halogenated alkanes) is 1. The highest BCUT2D eigenvalue weighted by atomic mass is 16.4. The lowest BCUT2D eigenvalue weighted by Crippen LogP contribution is -2.55. The molecule has 0 aliphatic heterocycles. The highest BCUT2D eigenvalue weighted by Gasteiger charge is 2.41. The van der Waals surface area contributed by atoms with E-state index in [4.69, 9.17) is 5.73 Å². The third kappa shape index (κ3) is 5.45. The van der Waals surface area contributed by atoms with E-state index in [0.29, 0.717) is 18.4 Å². The number of carboxylic acid groups (broad SMARTS) is 1. The Bertz CT molecular complexity index is 574. The standard InChI is InChI=1S/C18H26N2O4/c1-3-4-10-15(21)18(19,17(23)24)12-11-13(2)20-16(22)14-8-6-5-7-9-14/h5-9,13H,3-4,10-12,19H2,1-2H3,(H,20,22)(H,23,24). The van der Waals surface area contributed by atoms with Crippen LogP contribution in [0.3, 0.4) is 0 Å². The molecule has 6 nitrogen and oxygen atoms in total. The maximum atomic E-state index is 12.1. The van der Waals surface area contributed by atoms with Crippen molar-refractivity contribution in [1.82, 2.24) is 5.32 Å². The molecule has 1 rings (SSSR count). The maximum absolute atomic E-state index is 12.1. The quantitative estimate of drug-likeness (QED) is 0.568. The first-order valence-corrected chi connectivity index (χ1v) is 8.22. The minimum Gasteiger partial charge on any atom is -0.480 e. The zero-order valence-electron chi connectivity index (χ0n) is 14.2. The van der Waals surface area contributed by atoms with E-state index >= 15 is 0 Å². The van der Waals surface area contributed by atoms with Crippen molar-refractivity contribution in [3.8, 4) is 0 Å². The number of carbonyl (C=O) groups is 3. The molecular weight excluding hydrogens is 308 g/mol. The molecule has 4 N–H and O–H groups in total. The van der Waals surface area contributed by atoms with Gasteiger partial charge in [0.25, 0.3) is 5.91 Å². The molecular formula is C18H26N2O4. The Labute approximate surface area is 142 Å². The number of carboxylic acids is 1. The van der Waals surface area contributed by atoms with Crippen molar-refractivity contribution in [3.05, 3.63) is 35.9 Å². The Balaban J connectivity index is 2.61. The van der Waals surface area contributed by atoms with Crippen molar-refractivity contribution in [2.24, 2.45) is 5.73 Å². The number of hydrogen-bond acceptors (Lipinski definition) is 4. The molecule has 0 fully saturated rings. The van der Waals surface area contributed by atoms with Gasteiger partial charge in [0.1, 0.15) is 0 Å². The van der Waals surface area contributed by atoms with Crippen LogP contribution in [0.2, 0.25) is 0 Å². The Morgan fingerprint density at radius 1 is 1.25 bits per heavy atom. The fourth-order valence-corrected chi connectivity index (χ4v) is 2.34. The van der Waals surface area contributed by atoms with Crippen molar-refractivity contribution >= 4 is 17.7 Å². The van der Waals surface area contributed by atoms with Gasteiger partial charge in [0, 0.05) is 18.0 Å². The van der Waals surface area contributed by atoms with Crippen molar-refractivity contribution in [3.63, 3.8) is 0 Å². The number of rotatable bonds is 10. The summed E-state index contributed by atoms with van der Waals surface area (Å²) in [5, 5.41) is 12.1. The normalized spacial score (nSPS) is 14.5.